The number of aliphatic hydroxyl groups excluding tert-OH is 3. The lowest BCUT2D eigenvalue weighted by molar-refractivity contribution is -0.318. The van der Waals surface area contributed by atoms with Crippen LogP contribution >= 0.6 is 0 Å². The van der Waals surface area contributed by atoms with Gasteiger partial charge >= 0.3 is 5.97 Å². The Labute approximate surface area is 433 Å². The highest BCUT2D eigenvalue weighted by atomic mass is 32.2. The Morgan fingerprint density at radius 2 is 1.62 bits per heavy atom. The number of carbonyl (C=O) groups excluding carboxylic acids is 1. The number of sulfone groups is 1. The molecule has 0 bridgehead atoms. The largest absolute Gasteiger partial charge is 0.494 e. The predicted octanol–water partition coefficient (Wildman–Crippen LogP) is 3.37. The smallest absolute Gasteiger partial charge is 0.311 e. The molecule has 5 N–H and O–H groups in total. The minimum absolute atomic E-state index is 0.0295. The maximum atomic E-state index is 14.5. The molecule has 0 unspecified atom stereocenters. The zero-order valence-electron chi connectivity index (χ0n) is 45.8. The maximum Gasteiger partial charge on any atom is 0.311 e. The number of hydrogen-bond donors (Lipinski definition) is 5. The number of likely N-dealkylation sites (N-methyl/N-ethyl adjacent to an activating group) is 2. The highest BCUT2D eigenvalue weighted by Gasteiger charge is 2.53. The van der Waals surface area contributed by atoms with E-state index in [9.17, 15) is 38.7 Å². The fourth-order valence-corrected chi connectivity index (χ4v) is 11.9. The Morgan fingerprint density at radius 3 is 2.25 bits per heavy atom. The van der Waals surface area contributed by atoms with Crippen molar-refractivity contribution in [2.75, 3.05) is 46.7 Å². The summed E-state index contributed by atoms with van der Waals surface area (Å²) in [6.07, 6.45) is -6.14. The SMILES string of the molecule is CC[C@H]1OC(=O)[C@H](C)[C@@H](O[C@H]2C[C@@](C)(OC)[C@@H](O)[C@H](C)O2)[C@H](C)[C@@H](O[C@@H]2O[C@H](C)C[C@H](N(C)CCc3cn(CCCOc4ccc(S(=O)(=O)CC)cc4)nn3)[C@H]2O)[C@](C)(O)C[C@@H](C)CN(C)[C@H](C)[C@@H](O)[C@]1(C)O. The Morgan fingerprint density at radius 1 is 0.945 bits per heavy atom. The average molecular weight is 1060 g/mol. The number of aliphatic hydroxyl groups is 5. The van der Waals surface area contributed by atoms with Gasteiger partial charge in [0, 0.05) is 70.2 Å². The highest BCUT2D eigenvalue weighted by Crippen LogP contribution is 2.40. The minimum Gasteiger partial charge on any atom is -0.494 e. The molecule has 3 aliphatic heterocycles. The summed E-state index contributed by atoms with van der Waals surface area (Å²) in [6, 6.07) is 5.39. The van der Waals surface area contributed by atoms with Gasteiger partial charge in [-0.3, -0.25) is 9.48 Å². The van der Waals surface area contributed by atoms with Gasteiger partial charge in [-0.25, -0.2) is 8.42 Å². The van der Waals surface area contributed by atoms with Gasteiger partial charge in [0.2, 0.25) is 0 Å². The van der Waals surface area contributed by atoms with Gasteiger partial charge in [-0.1, -0.05) is 32.9 Å². The summed E-state index contributed by atoms with van der Waals surface area (Å²) in [6.45, 7) is 21.0. The molecule has 0 aliphatic carbocycles. The second-order valence-electron chi connectivity index (χ2n) is 22.0. The molecule has 21 heteroatoms. The molecule has 0 radical (unpaired) electrons. The van der Waals surface area contributed by atoms with Gasteiger partial charge in [0.15, 0.2) is 22.4 Å². The number of cyclic esters (lactones) is 1. The Bertz CT molecular complexity index is 2150. The van der Waals surface area contributed by atoms with E-state index in [0.717, 1.165) is 5.69 Å². The van der Waals surface area contributed by atoms with Crippen LogP contribution in [-0.2, 0) is 56.0 Å². The molecule has 0 amide bonds. The van der Waals surface area contributed by atoms with Crippen LogP contribution in [0.25, 0.3) is 0 Å². The zero-order chi connectivity index (χ0) is 54.4. The van der Waals surface area contributed by atoms with Crippen molar-refractivity contribution in [2.24, 2.45) is 17.8 Å². The van der Waals surface area contributed by atoms with Crippen molar-refractivity contribution < 1.29 is 71.9 Å². The Kier molecular flexibility index (Phi) is 21.3. The second-order valence-corrected chi connectivity index (χ2v) is 24.3. The number of nitrogens with zero attached hydrogens (tertiary/aromatic N) is 5. The van der Waals surface area contributed by atoms with Crippen LogP contribution in [0.1, 0.15) is 114 Å². The first kappa shape index (κ1) is 61.0. The lowest BCUT2D eigenvalue weighted by atomic mass is 9.77. The van der Waals surface area contributed by atoms with E-state index in [-0.39, 0.29) is 41.9 Å². The third kappa shape index (κ3) is 15.0. The third-order valence-electron chi connectivity index (χ3n) is 15.8. The Hall–Kier alpha value is -2.90. The fraction of sp³-hybridized carbons (Fsp3) is 0.827. The first-order chi connectivity index (χ1) is 34.1. The van der Waals surface area contributed by atoms with E-state index in [0.29, 0.717) is 51.3 Å². The van der Waals surface area contributed by atoms with E-state index in [4.69, 9.17) is 33.2 Å². The molecule has 73 heavy (non-hydrogen) atoms. The number of ether oxygens (including phenoxy) is 7. The van der Waals surface area contributed by atoms with E-state index in [1.165, 1.54) is 14.0 Å². The quantitative estimate of drug-likeness (QED) is 0.112. The molecule has 20 nitrogen and oxygen atoms in total. The average Bonchev–Trinajstić information content (AvgIpc) is 3.80. The summed E-state index contributed by atoms with van der Waals surface area (Å²) in [5.41, 5.74) is -3.79. The number of rotatable bonds is 17. The van der Waals surface area contributed by atoms with Gasteiger partial charge in [-0.15, -0.1) is 5.10 Å². The third-order valence-corrected chi connectivity index (χ3v) is 17.5. The number of benzene rings is 1. The number of esters is 1. The number of hydrogen-bond acceptors (Lipinski definition) is 19. The summed E-state index contributed by atoms with van der Waals surface area (Å²) in [5, 5.41) is 68.3. The molecular formula is C52H89N5O15S. The maximum absolute atomic E-state index is 14.5. The summed E-state index contributed by atoms with van der Waals surface area (Å²) < 4.78 is 70.1. The molecule has 0 spiro atoms. The van der Waals surface area contributed by atoms with Crippen molar-refractivity contribution in [2.45, 2.75) is 216 Å². The molecule has 418 valence electrons. The highest BCUT2D eigenvalue weighted by molar-refractivity contribution is 7.91. The van der Waals surface area contributed by atoms with Crippen LogP contribution in [0.3, 0.4) is 0 Å². The van der Waals surface area contributed by atoms with Crippen LogP contribution in [0.5, 0.6) is 5.75 Å². The molecule has 2 aromatic rings. The monoisotopic (exact) mass is 1060 g/mol. The number of methoxy groups -OCH3 is 1. The summed E-state index contributed by atoms with van der Waals surface area (Å²) in [5.74, 6) is -2.21. The van der Waals surface area contributed by atoms with Crippen molar-refractivity contribution in [3.8, 4) is 5.75 Å². The zero-order valence-corrected chi connectivity index (χ0v) is 46.6. The Balaban J connectivity index is 1.36. The lowest BCUT2D eigenvalue weighted by Gasteiger charge is -2.49. The van der Waals surface area contributed by atoms with Crippen molar-refractivity contribution >= 4 is 15.8 Å². The fourth-order valence-electron chi connectivity index (χ4n) is 11.0. The van der Waals surface area contributed by atoms with Crippen molar-refractivity contribution in [3.63, 3.8) is 0 Å². The van der Waals surface area contributed by atoms with E-state index in [1.807, 2.05) is 50.9 Å². The second kappa shape index (κ2) is 25.5. The van der Waals surface area contributed by atoms with E-state index >= 15 is 0 Å². The normalized spacial score (nSPS) is 38.9. The summed E-state index contributed by atoms with van der Waals surface area (Å²) >= 11 is 0. The van der Waals surface area contributed by atoms with Crippen molar-refractivity contribution in [1.82, 2.24) is 24.8 Å². The van der Waals surface area contributed by atoms with Gasteiger partial charge in [0.1, 0.15) is 35.8 Å². The van der Waals surface area contributed by atoms with E-state index in [1.54, 1.807) is 77.4 Å². The van der Waals surface area contributed by atoms with Crippen LogP contribution in [0.2, 0.25) is 0 Å². The van der Waals surface area contributed by atoms with Crippen LogP contribution < -0.4 is 4.74 Å². The molecule has 4 heterocycles. The molecular weight excluding hydrogens is 967 g/mol. The van der Waals surface area contributed by atoms with Crippen LogP contribution in [0, 0.1) is 17.8 Å². The van der Waals surface area contributed by atoms with Gasteiger partial charge < -0.3 is 68.5 Å². The van der Waals surface area contributed by atoms with Gasteiger partial charge in [-0.2, -0.15) is 0 Å². The predicted molar refractivity (Wildman–Crippen MR) is 271 cm³/mol. The standard InChI is InChI=1S/C52H89N5O15S/c1-15-41-52(11,63)45(59)35(7)56(13)29-31(3)27-50(9,62)47(33(5)44(34(6)48(61)70-41)71-42-28-51(10,66-14)46(60)36(8)69-42)72-49-43(58)40(26-32(4)68-49)55(12)24-22-37-30-57(54-53-37)23-17-25-67-38-18-20-39(21-19-38)73(64,65)16-2/h18-21,30-36,40-47,49,58-60,62-63H,15-17,22-29H2,1-14H3/t31-,32-,33+,34-,35-,36+,40+,41-,42+,43-,44+,45-,46+,47-,49+,50-,51-,52-/m1/s1. The molecule has 0 saturated carbocycles. The first-order valence-corrected chi connectivity index (χ1v) is 27.9. The molecule has 3 saturated heterocycles. The van der Waals surface area contributed by atoms with E-state index in [2.05, 4.69) is 10.3 Å². The molecule has 18 atom stereocenters. The summed E-state index contributed by atoms with van der Waals surface area (Å²) in [4.78, 5) is 18.7. The van der Waals surface area contributed by atoms with Crippen LogP contribution in [0.15, 0.2) is 35.4 Å². The number of aryl methyl sites for hydroxylation is 1. The van der Waals surface area contributed by atoms with Gasteiger partial charge in [0.25, 0.3) is 0 Å². The van der Waals surface area contributed by atoms with Gasteiger partial charge in [0.05, 0.1) is 64.5 Å². The van der Waals surface area contributed by atoms with E-state index < -0.39 is 112 Å². The number of carbonyl (C=O) groups is 1. The van der Waals surface area contributed by atoms with Crippen molar-refractivity contribution in [3.05, 3.63) is 36.2 Å². The summed E-state index contributed by atoms with van der Waals surface area (Å²) in [7, 11) is 1.96. The molecule has 3 aliphatic rings. The molecule has 1 aromatic carbocycles. The van der Waals surface area contributed by atoms with Crippen molar-refractivity contribution in [1.29, 1.82) is 0 Å². The van der Waals surface area contributed by atoms with Crippen LogP contribution in [0.4, 0.5) is 0 Å². The van der Waals surface area contributed by atoms with Crippen LogP contribution in [-0.4, -0.2) is 202 Å². The van der Waals surface area contributed by atoms with Gasteiger partial charge in [-0.05, 0) is 112 Å². The molecule has 5 rings (SSSR count). The lowest BCUT2D eigenvalue weighted by Crippen LogP contribution is -2.61. The molecule has 1 aromatic heterocycles. The topological polar surface area (TPSA) is 254 Å². The first-order valence-electron chi connectivity index (χ1n) is 26.2. The minimum atomic E-state index is -3.29. The number of aromatic nitrogens is 3. The molecule has 3 fully saturated rings.